The molecule has 4 aliphatic rings. The Labute approximate surface area is 121 Å². The van der Waals surface area contributed by atoms with Crippen molar-refractivity contribution >= 4 is 5.57 Å². The first-order chi connectivity index (χ1) is 9.76. The molecule has 0 atom stereocenters. The molecule has 0 radical (unpaired) electrons. The van der Waals surface area contributed by atoms with E-state index in [1.54, 1.807) is 0 Å². The molecule has 0 spiro atoms. The van der Waals surface area contributed by atoms with Gasteiger partial charge in [0, 0.05) is 0 Å². The summed E-state index contributed by atoms with van der Waals surface area (Å²) in [6, 6.07) is 11.0. The van der Waals surface area contributed by atoms with Gasteiger partial charge in [0.15, 0.2) is 0 Å². The Bertz CT molecular complexity index is 587. The number of nitrogens with zero attached hydrogens (tertiary/aromatic N) is 1. The van der Waals surface area contributed by atoms with E-state index in [1.807, 2.05) is 0 Å². The Morgan fingerprint density at radius 3 is 2.15 bits per heavy atom. The van der Waals surface area contributed by atoms with Crippen LogP contribution in [0.1, 0.15) is 43.2 Å². The highest BCUT2D eigenvalue weighted by Gasteiger charge is 2.46. The molecule has 0 saturated heterocycles. The normalized spacial score (nSPS) is 34.1. The van der Waals surface area contributed by atoms with Crippen LogP contribution in [0.2, 0.25) is 0 Å². The molecule has 0 N–H and O–H groups in total. The van der Waals surface area contributed by atoms with Gasteiger partial charge in [-0.15, -0.1) is 0 Å². The van der Waals surface area contributed by atoms with Crippen LogP contribution < -0.4 is 0 Å². The Morgan fingerprint density at radius 2 is 1.60 bits per heavy atom. The second-order valence-corrected chi connectivity index (χ2v) is 7.06. The van der Waals surface area contributed by atoms with E-state index in [1.165, 1.54) is 48.8 Å². The molecular weight excluding hydrogens is 242 g/mol. The molecule has 0 amide bonds. The quantitative estimate of drug-likeness (QED) is 0.672. The molecule has 0 aliphatic heterocycles. The fraction of sp³-hybridized carbons (Fsp3) is 0.526. The Balaban J connectivity index is 1.84. The Kier molecular flexibility index (Phi) is 2.74. The molecule has 4 bridgehead atoms. The summed E-state index contributed by atoms with van der Waals surface area (Å²) in [6.07, 6.45) is 6.85. The third-order valence-corrected chi connectivity index (χ3v) is 5.83. The van der Waals surface area contributed by atoms with Crippen LogP contribution in [0, 0.1) is 41.9 Å². The highest BCUT2D eigenvalue weighted by atomic mass is 14.5. The van der Waals surface area contributed by atoms with Gasteiger partial charge in [0.1, 0.15) is 0 Å². The third-order valence-electron chi connectivity index (χ3n) is 5.83. The lowest BCUT2D eigenvalue weighted by atomic mass is 9.53. The topological polar surface area (TPSA) is 23.8 Å². The van der Waals surface area contributed by atoms with Gasteiger partial charge >= 0.3 is 0 Å². The molecule has 0 aromatic heterocycles. The smallest absolute Gasteiger partial charge is 0.0997 e. The van der Waals surface area contributed by atoms with E-state index in [0.29, 0.717) is 11.8 Å². The van der Waals surface area contributed by atoms with Gasteiger partial charge < -0.3 is 0 Å². The molecule has 1 aromatic carbocycles. The van der Waals surface area contributed by atoms with Gasteiger partial charge in [0.25, 0.3) is 0 Å². The summed E-state index contributed by atoms with van der Waals surface area (Å²) >= 11 is 0. The summed E-state index contributed by atoms with van der Waals surface area (Å²) in [4.78, 5) is 0. The maximum absolute atomic E-state index is 9.78. The SMILES string of the molecule is Cc1ccccc1C(C#N)=C1C2CC3CC(C2)CC1C3. The van der Waals surface area contributed by atoms with E-state index in [9.17, 15) is 5.26 Å². The van der Waals surface area contributed by atoms with E-state index < -0.39 is 0 Å². The number of nitriles is 1. The second kappa shape index (κ2) is 4.48. The molecule has 102 valence electrons. The fourth-order valence-electron chi connectivity index (χ4n) is 5.23. The minimum Gasteiger partial charge on any atom is -0.192 e. The summed E-state index contributed by atoms with van der Waals surface area (Å²) in [5.74, 6) is 3.33. The molecule has 20 heavy (non-hydrogen) atoms. The van der Waals surface area contributed by atoms with Crippen LogP contribution in [-0.4, -0.2) is 0 Å². The molecule has 5 rings (SSSR count). The van der Waals surface area contributed by atoms with Crippen LogP contribution in [-0.2, 0) is 0 Å². The lowest BCUT2D eigenvalue weighted by Gasteiger charge is -2.51. The molecule has 1 aromatic rings. The largest absolute Gasteiger partial charge is 0.192 e. The summed E-state index contributed by atoms with van der Waals surface area (Å²) in [6.45, 7) is 2.13. The van der Waals surface area contributed by atoms with Crippen LogP contribution in [0.5, 0.6) is 0 Å². The first-order valence-electron chi connectivity index (χ1n) is 7.96. The van der Waals surface area contributed by atoms with Crippen molar-refractivity contribution in [1.29, 1.82) is 5.26 Å². The summed E-state index contributed by atoms with van der Waals surface area (Å²) in [5.41, 5.74) is 4.95. The first kappa shape index (κ1) is 12.2. The molecular formula is C19H21N. The van der Waals surface area contributed by atoms with E-state index >= 15 is 0 Å². The van der Waals surface area contributed by atoms with Crippen molar-refractivity contribution in [3.63, 3.8) is 0 Å². The zero-order valence-corrected chi connectivity index (χ0v) is 12.1. The first-order valence-corrected chi connectivity index (χ1v) is 7.96. The molecule has 1 nitrogen and oxygen atoms in total. The average Bonchev–Trinajstić information content (AvgIpc) is 2.43. The molecule has 4 saturated carbocycles. The van der Waals surface area contributed by atoms with Crippen molar-refractivity contribution in [2.24, 2.45) is 23.7 Å². The lowest BCUT2D eigenvalue weighted by molar-refractivity contribution is 0.0706. The molecule has 0 unspecified atom stereocenters. The van der Waals surface area contributed by atoms with Gasteiger partial charge in [-0.05, 0) is 79.4 Å². The van der Waals surface area contributed by atoms with E-state index in [0.717, 1.165) is 17.4 Å². The minimum atomic E-state index is 0.709. The zero-order valence-electron chi connectivity index (χ0n) is 12.1. The van der Waals surface area contributed by atoms with Crippen molar-refractivity contribution in [3.05, 3.63) is 41.0 Å². The Morgan fingerprint density at radius 1 is 1.00 bits per heavy atom. The predicted octanol–water partition coefficient (Wildman–Crippen LogP) is 4.73. The van der Waals surface area contributed by atoms with E-state index in [-0.39, 0.29) is 0 Å². The summed E-state index contributed by atoms with van der Waals surface area (Å²) in [5, 5.41) is 9.78. The van der Waals surface area contributed by atoms with Gasteiger partial charge in [0.05, 0.1) is 11.6 Å². The standard InChI is InChI=1S/C19H21N/c1-12-4-2-3-5-17(12)18(11-20)19-15-7-13-6-14(9-15)10-16(19)8-13/h2-5,13-16H,6-10H2,1H3. The second-order valence-electron chi connectivity index (χ2n) is 7.06. The Hall–Kier alpha value is -1.55. The van der Waals surface area contributed by atoms with Gasteiger partial charge in [-0.2, -0.15) is 5.26 Å². The van der Waals surface area contributed by atoms with E-state index in [4.69, 9.17) is 0 Å². The number of rotatable bonds is 1. The number of aryl methyl sites for hydroxylation is 1. The van der Waals surface area contributed by atoms with Crippen molar-refractivity contribution < 1.29 is 0 Å². The minimum absolute atomic E-state index is 0.709. The molecule has 4 aliphatic carbocycles. The van der Waals surface area contributed by atoms with E-state index in [2.05, 4.69) is 37.3 Å². The molecule has 4 fully saturated rings. The zero-order chi connectivity index (χ0) is 13.7. The third kappa shape index (κ3) is 1.74. The maximum atomic E-state index is 9.78. The number of hydrogen-bond donors (Lipinski definition) is 0. The van der Waals surface area contributed by atoms with Crippen molar-refractivity contribution in [1.82, 2.24) is 0 Å². The van der Waals surface area contributed by atoms with Gasteiger partial charge in [-0.1, -0.05) is 24.3 Å². The average molecular weight is 263 g/mol. The van der Waals surface area contributed by atoms with Crippen LogP contribution in [0.25, 0.3) is 5.57 Å². The highest BCUT2D eigenvalue weighted by Crippen LogP contribution is 2.57. The highest BCUT2D eigenvalue weighted by molar-refractivity contribution is 5.81. The number of hydrogen-bond acceptors (Lipinski definition) is 1. The van der Waals surface area contributed by atoms with Gasteiger partial charge in [-0.25, -0.2) is 0 Å². The van der Waals surface area contributed by atoms with Crippen LogP contribution in [0.4, 0.5) is 0 Å². The van der Waals surface area contributed by atoms with Gasteiger partial charge in [0.2, 0.25) is 0 Å². The van der Waals surface area contributed by atoms with Crippen LogP contribution >= 0.6 is 0 Å². The van der Waals surface area contributed by atoms with Crippen molar-refractivity contribution in [2.45, 2.75) is 39.0 Å². The fourth-order valence-corrected chi connectivity index (χ4v) is 5.23. The number of allylic oxidation sites excluding steroid dienone is 2. The summed E-state index contributed by atoms with van der Waals surface area (Å²) in [7, 11) is 0. The maximum Gasteiger partial charge on any atom is 0.0997 e. The van der Waals surface area contributed by atoms with Crippen molar-refractivity contribution in [3.8, 4) is 6.07 Å². The molecule has 1 heteroatoms. The number of benzene rings is 1. The lowest BCUT2D eigenvalue weighted by Crippen LogP contribution is -2.40. The summed E-state index contributed by atoms with van der Waals surface area (Å²) < 4.78 is 0. The van der Waals surface area contributed by atoms with Crippen molar-refractivity contribution in [2.75, 3.05) is 0 Å². The predicted molar refractivity (Wildman–Crippen MR) is 80.8 cm³/mol. The van der Waals surface area contributed by atoms with Crippen LogP contribution in [0.3, 0.4) is 0 Å². The monoisotopic (exact) mass is 263 g/mol. The molecule has 0 heterocycles. The van der Waals surface area contributed by atoms with Crippen LogP contribution in [0.15, 0.2) is 29.8 Å². The van der Waals surface area contributed by atoms with Gasteiger partial charge in [-0.3, -0.25) is 0 Å².